The first kappa shape index (κ1) is 21.2. The fourth-order valence-electron chi connectivity index (χ4n) is 2.97. The van der Waals surface area contributed by atoms with Gasteiger partial charge in [-0.25, -0.2) is 4.99 Å². The molecule has 1 atom stereocenters. The lowest BCUT2D eigenvalue weighted by Gasteiger charge is -2.21. The highest BCUT2D eigenvalue weighted by Gasteiger charge is 2.24. The lowest BCUT2D eigenvalue weighted by atomic mass is 10.1. The van der Waals surface area contributed by atoms with E-state index in [9.17, 15) is 0 Å². The van der Waals surface area contributed by atoms with E-state index in [-0.39, 0.29) is 24.0 Å². The van der Waals surface area contributed by atoms with Crippen LogP contribution in [-0.2, 0) is 22.6 Å². The molecule has 0 spiro atoms. The van der Waals surface area contributed by atoms with Gasteiger partial charge in [0.25, 0.3) is 0 Å². The van der Waals surface area contributed by atoms with Crippen molar-refractivity contribution in [2.24, 2.45) is 10.9 Å². The van der Waals surface area contributed by atoms with E-state index in [0.29, 0.717) is 19.1 Å². The van der Waals surface area contributed by atoms with E-state index in [2.05, 4.69) is 41.4 Å². The molecule has 1 aromatic rings. The zero-order chi connectivity index (χ0) is 16.5. The second kappa shape index (κ2) is 11.7. The van der Waals surface area contributed by atoms with Gasteiger partial charge in [0, 0.05) is 39.8 Å². The molecule has 1 heterocycles. The second-order valence-electron chi connectivity index (χ2n) is 5.98. The molecule has 5 nitrogen and oxygen atoms in total. The average molecular weight is 447 g/mol. The molecule has 1 N–H and O–H groups in total. The van der Waals surface area contributed by atoms with Gasteiger partial charge in [-0.1, -0.05) is 24.3 Å². The van der Waals surface area contributed by atoms with Crippen LogP contribution in [0.15, 0.2) is 29.3 Å². The summed E-state index contributed by atoms with van der Waals surface area (Å²) in [5.74, 6) is 1.61. The Labute approximate surface area is 162 Å². The summed E-state index contributed by atoms with van der Waals surface area (Å²) in [6, 6.07) is 8.42. The van der Waals surface area contributed by atoms with Gasteiger partial charge in [-0.05, 0) is 24.5 Å². The van der Waals surface area contributed by atoms with Crippen molar-refractivity contribution >= 4 is 29.9 Å². The molecule has 1 aliphatic rings. The average Bonchev–Trinajstić information content (AvgIpc) is 3.01. The molecule has 0 saturated carbocycles. The fraction of sp³-hybridized carbons (Fsp3) is 0.611. The maximum Gasteiger partial charge on any atom is 0.194 e. The van der Waals surface area contributed by atoms with Crippen LogP contribution in [0.3, 0.4) is 0 Å². The largest absolute Gasteiger partial charge is 0.384 e. The molecule has 1 aromatic carbocycles. The van der Waals surface area contributed by atoms with E-state index in [4.69, 9.17) is 14.5 Å². The molecule has 6 heteroatoms. The third-order valence-electron chi connectivity index (χ3n) is 4.04. The van der Waals surface area contributed by atoms with Crippen LogP contribution >= 0.6 is 24.0 Å². The van der Waals surface area contributed by atoms with Crippen LogP contribution in [0, 0.1) is 5.92 Å². The molecule has 1 saturated heterocycles. The summed E-state index contributed by atoms with van der Waals surface area (Å²) in [5, 5.41) is 3.41. The molecular weight excluding hydrogens is 417 g/mol. The maximum absolute atomic E-state index is 5.28. The molecule has 2 rings (SSSR count). The second-order valence-corrected chi connectivity index (χ2v) is 5.98. The molecule has 24 heavy (non-hydrogen) atoms. The van der Waals surface area contributed by atoms with Gasteiger partial charge >= 0.3 is 0 Å². The van der Waals surface area contributed by atoms with Gasteiger partial charge in [-0.3, -0.25) is 0 Å². The number of hydrogen-bond donors (Lipinski definition) is 1. The van der Waals surface area contributed by atoms with Crippen LogP contribution in [0.4, 0.5) is 0 Å². The van der Waals surface area contributed by atoms with Crippen molar-refractivity contribution in [2.45, 2.75) is 26.5 Å². The monoisotopic (exact) mass is 447 g/mol. The van der Waals surface area contributed by atoms with E-state index < -0.39 is 0 Å². The first-order valence-electron chi connectivity index (χ1n) is 8.35. The molecule has 0 radical (unpaired) electrons. The van der Waals surface area contributed by atoms with E-state index in [1.807, 2.05) is 0 Å². The number of halogens is 1. The van der Waals surface area contributed by atoms with Crippen molar-refractivity contribution in [1.29, 1.82) is 0 Å². The minimum absolute atomic E-state index is 0. The quantitative estimate of drug-likeness (QED) is 0.397. The summed E-state index contributed by atoms with van der Waals surface area (Å²) in [6.07, 6.45) is 1.17. The van der Waals surface area contributed by atoms with Crippen LogP contribution in [-0.4, -0.2) is 51.3 Å². The number of nitrogens with one attached hydrogen (secondary N) is 1. The Bertz CT molecular complexity index is 511. The Balaban J connectivity index is 0.00000288. The van der Waals surface area contributed by atoms with E-state index in [1.165, 1.54) is 17.5 Å². The maximum atomic E-state index is 5.28. The van der Waals surface area contributed by atoms with Gasteiger partial charge in [0.05, 0.1) is 19.8 Å². The number of rotatable bonds is 7. The van der Waals surface area contributed by atoms with Crippen molar-refractivity contribution in [3.05, 3.63) is 35.4 Å². The highest BCUT2D eigenvalue weighted by atomic mass is 127. The minimum atomic E-state index is 0. The number of aliphatic imine (C=N–C) groups is 1. The molecule has 0 aromatic heterocycles. The summed E-state index contributed by atoms with van der Waals surface area (Å²) >= 11 is 0. The predicted molar refractivity (Wildman–Crippen MR) is 109 cm³/mol. The van der Waals surface area contributed by atoms with Gasteiger partial charge in [0.15, 0.2) is 5.96 Å². The number of benzene rings is 1. The number of ether oxygens (including phenoxy) is 2. The molecule has 0 aliphatic carbocycles. The highest BCUT2D eigenvalue weighted by Crippen LogP contribution is 2.17. The van der Waals surface area contributed by atoms with Crippen molar-refractivity contribution in [2.75, 3.05) is 40.5 Å². The third-order valence-corrected chi connectivity index (χ3v) is 4.04. The number of methoxy groups -OCH3 is 2. The smallest absolute Gasteiger partial charge is 0.194 e. The third kappa shape index (κ3) is 6.57. The standard InChI is InChI=1S/C18H29N3O2.HI/c1-4-19-18(21-9-8-17(12-21)14-23-3)20-11-15-6-5-7-16(10-15)13-22-2;/h5-7,10,17H,4,8-9,11-14H2,1-3H3,(H,19,20);1H. The summed E-state index contributed by atoms with van der Waals surface area (Å²) in [6.45, 7) is 7.21. The van der Waals surface area contributed by atoms with Gasteiger partial charge in [-0.15, -0.1) is 24.0 Å². The Morgan fingerprint density at radius 2 is 2.08 bits per heavy atom. The lowest BCUT2D eigenvalue weighted by Crippen LogP contribution is -2.40. The summed E-state index contributed by atoms with van der Waals surface area (Å²) in [4.78, 5) is 7.15. The minimum Gasteiger partial charge on any atom is -0.384 e. The van der Waals surface area contributed by atoms with Crippen LogP contribution in [0.2, 0.25) is 0 Å². The lowest BCUT2D eigenvalue weighted by molar-refractivity contribution is 0.157. The van der Waals surface area contributed by atoms with Gasteiger partial charge in [0.1, 0.15) is 0 Å². The first-order valence-corrected chi connectivity index (χ1v) is 8.35. The highest BCUT2D eigenvalue weighted by molar-refractivity contribution is 14.0. The Kier molecular flexibility index (Phi) is 10.3. The number of nitrogens with zero attached hydrogens (tertiary/aromatic N) is 2. The first-order chi connectivity index (χ1) is 11.3. The van der Waals surface area contributed by atoms with Crippen molar-refractivity contribution < 1.29 is 9.47 Å². The van der Waals surface area contributed by atoms with E-state index >= 15 is 0 Å². The summed E-state index contributed by atoms with van der Waals surface area (Å²) in [7, 11) is 3.49. The van der Waals surface area contributed by atoms with Crippen molar-refractivity contribution in [1.82, 2.24) is 10.2 Å². The van der Waals surface area contributed by atoms with Gasteiger partial charge in [0.2, 0.25) is 0 Å². The topological polar surface area (TPSA) is 46.1 Å². The molecule has 1 aliphatic heterocycles. The van der Waals surface area contributed by atoms with E-state index in [0.717, 1.165) is 32.2 Å². The molecule has 0 amide bonds. The van der Waals surface area contributed by atoms with Crippen LogP contribution < -0.4 is 5.32 Å². The zero-order valence-electron chi connectivity index (χ0n) is 15.0. The summed E-state index contributed by atoms with van der Waals surface area (Å²) in [5.41, 5.74) is 2.40. The van der Waals surface area contributed by atoms with Crippen LogP contribution in [0.5, 0.6) is 0 Å². The predicted octanol–water partition coefficient (Wildman–Crippen LogP) is 2.88. The molecular formula is C18H30IN3O2. The van der Waals surface area contributed by atoms with Crippen LogP contribution in [0.1, 0.15) is 24.5 Å². The fourth-order valence-corrected chi connectivity index (χ4v) is 2.97. The number of guanidine groups is 1. The van der Waals surface area contributed by atoms with E-state index in [1.54, 1.807) is 14.2 Å². The van der Waals surface area contributed by atoms with Crippen molar-refractivity contribution in [3.8, 4) is 0 Å². The number of hydrogen-bond acceptors (Lipinski definition) is 3. The SMILES string of the molecule is CCNC(=NCc1cccc(COC)c1)N1CCC(COC)C1.I. The Morgan fingerprint density at radius 1 is 1.29 bits per heavy atom. The van der Waals surface area contributed by atoms with Gasteiger partial charge in [-0.2, -0.15) is 0 Å². The van der Waals surface area contributed by atoms with Crippen LogP contribution in [0.25, 0.3) is 0 Å². The number of likely N-dealkylation sites (tertiary alicyclic amines) is 1. The molecule has 1 fully saturated rings. The Morgan fingerprint density at radius 3 is 2.79 bits per heavy atom. The van der Waals surface area contributed by atoms with Crippen molar-refractivity contribution in [3.63, 3.8) is 0 Å². The normalized spacial score (nSPS) is 17.7. The summed E-state index contributed by atoms with van der Waals surface area (Å²) < 4.78 is 10.5. The van der Waals surface area contributed by atoms with Gasteiger partial charge < -0.3 is 19.7 Å². The Hall–Kier alpha value is -0.860. The molecule has 1 unspecified atom stereocenters. The molecule has 0 bridgehead atoms. The zero-order valence-corrected chi connectivity index (χ0v) is 17.3. The molecule has 136 valence electrons.